The Kier molecular flexibility index (Phi) is 7.20. The van der Waals surface area contributed by atoms with Gasteiger partial charge in [0.05, 0.1) is 17.0 Å². The molecule has 0 aliphatic rings. The van der Waals surface area contributed by atoms with Gasteiger partial charge in [0, 0.05) is 12.1 Å². The SMILES string of the molecule is CCOC(=O)c1c(NC(=O)COc2cccc(Cl)c2)sc(C(=O)NC)c1C. The molecule has 0 saturated heterocycles. The second-order valence-corrected chi connectivity index (χ2v) is 6.81. The molecule has 0 radical (unpaired) electrons. The first kappa shape index (κ1) is 20.7. The molecule has 0 fully saturated rings. The van der Waals surface area contributed by atoms with Crippen LogP contribution in [0.5, 0.6) is 5.75 Å². The van der Waals surface area contributed by atoms with Gasteiger partial charge in [-0.15, -0.1) is 11.3 Å². The molecule has 0 aliphatic heterocycles. The maximum atomic E-state index is 12.3. The molecule has 144 valence electrons. The van der Waals surface area contributed by atoms with Crippen LogP contribution in [0.3, 0.4) is 0 Å². The Balaban J connectivity index is 2.19. The van der Waals surface area contributed by atoms with Crippen molar-refractivity contribution in [1.29, 1.82) is 0 Å². The third-order valence-electron chi connectivity index (χ3n) is 3.48. The number of hydrogen-bond acceptors (Lipinski definition) is 6. The molecule has 0 unspecified atom stereocenters. The van der Waals surface area contributed by atoms with E-state index in [1.165, 1.54) is 7.05 Å². The van der Waals surface area contributed by atoms with Crippen LogP contribution in [0.15, 0.2) is 24.3 Å². The summed E-state index contributed by atoms with van der Waals surface area (Å²) in [5.41, 5.74) is 0.611. The van der Waals surface area contributed by atoms with Crippen molar-refractivity contribution in [3.8, 4) is 5.75 Å². The number of thiophene rings is 1. The van der Waals surface area contributed by atoms with Crippen molar-refractivity contribution in [2.24, 2.45) is 0 Å². The third-order valence-corrected chi connectivity index (χ3v) is 4.92. The van der Waals surface area contributed by atoms with Crippen LogP contribution >= 0.6 is 22.9 Å². The maximum absolute atomic E-state index is 12.3. The number of rotatable bonds is 7. The lowest BCUT2D eigenvalue weighted by Gasteiger charge is -2.08. The van der Waals surface area contributed by atoms with Crippen molar-refractivity contribution < 1.29 is 23.9 Å². The molecule has 0 spiro atoms. The summed E-state index contributed by atoms with van der Waals surface area (Å²) in [5, 5.41) is 5.85. The molecule has 0 aliphatic carbocycles. The number of esters is 1. The topological polar surface area (TPSA) is 93.7 Å². The molecule has 27 heavy (non-hydrogen) atoms. The summed E-state index contributed by atoms with van der Waals surface area (Å²) in [6.07, 6.45) is 0. The van der Waals surface area contributed by atoms with E-state index in [0.29, 0.717) is 21.2 Å². The molecule has 7 nitrogen and oxygen atoms in total. The molecule has 0 bridgehead atoms. The second kappa shape index (κ2) is 9.38. The van der Waals surface area contributed by atoms with Crippen LogP contribution < -0.4 is 15.4 Å². The highest BCUT2D eigenvalue weighted by Gasteiger charge is 2.26. The molecule has 2 rings (SSSR count). The number of amides is 2. The zero-order valence-electron chi connectivity index (χ0n) is 15.1. The number of hydrogen-bond donors (Lipinski definition) is 2. The minimum Gasteiger partial charge on any atom is -0.484 e. The van der Waals surface area contributed by atoms with Crippen molar-refractivity contribution in [2.45, 2.75) is 13.8 Å². The lowest BCUT2D eigenvalue weighted by molar-refractivity contribution is -0.118. The van der Waals surface area contributed by atoms with E-state index in [9.17, 15) is 14.4 Å². The van der Waals surface area contributed by atoms with Gasteiger partial charge in [-0.25, -0.2) is 4.79 Å². The predicted molar refractivity (Wildman–Crippen MR) is 104 cm³/mol. The van der Waals surface area contributed by atoms with Crippen LogP contribution in [0.2, 0.25) is 5.02 Å². The van der Waals surface area contributed by atoms with Gasteiger partial charge in [-0.1, -0.05) is 17.7 Å². The summed E-state index contributed by atoms with van der Waals surface area (Å²) in [6.45, 7) is 3.20. The predicted octanol–water partition coefficient (Wildman–Crippen LogP) is 3.26. The third kappa shape index (κ3) is 5.21. The molecule has 0 saturated carbocycles. The van der Waals surface area contributed by atoms with Gasteiger partial charge in [0.2, 0.25) is 0 Å². The first-order chi connectivity index (χ1) is 12.9. The smallest absolute Gasteiger partial charge is 0.341 e. The van der Waals surface area contributed by atoms with Crippen molar-refractivity contribution in [3.63, 3.8) is 0 Å². The van der Waals surface area contributed by atoms with Gasteiger partial charge >= 0.3 is 5.97 Å². The number of carbonyl (C=O) groups is 3. The average Bonchev–Trinajstić information content (AvgIpc) is 2.95. The largest absolute Gasteiger partial charge is 0.484 e. The van der Waals surface area contributed by atoms with Crippen LogP contribution in [0.1, 0.15) is 32.5 Å². The van der Waals surface area contributed by atoms with Crippen molar-refractivity contribution >= 4 is 45.7 Å². The van der Waals surface area contributed by atoms with E-state index in [-0.39, 0.29) is 29.7 Å². The number of nitrogens with one attached hydrogen (secondary N) is 2. The normalized spacial score (nSPS) is 10.2. The monoisotopic (exact) mass is 410 g/mol. The zero-order valence-corrected chi connectivity index (χ0v) is 16.6. The summed E-state index contributed by atoms with van der Waals surface area (Å²) in [7, 11) is 1.49. The number of ether oxygens (including phenoxy) is 2. The van der Waals surface area contributed by atoms with Gasteiger partial charge in [-0.2, -0.15) is 0 Å². The number of carbonyl (C=O) groups excluding carboxylic acids is 3. The Morgan fingerprint density at radius 1 is 1.26 bits per heavy atom. The van der Waals surface area contributed by atoms with Crippen molar-refractivity contribution in [3.05, 3.63) is 45.3 Å². The number of benzene rings is 1. The van der Waals surface area contributed by atoms with Crippen molar-refractivity contribution in [1.82, 2.24) is 5.32 Å². The Labute approximate surface area is 165 Å². The average molecular weight is 411 g/mol. The zero-order chi connectivity index (χ0) is 20.0. The van der Waals surface area contributed by atoms with E-state index in [1.807, 2.05) is 0 Å². The van der Waals surface area contributed by atoms with E-state index in [4.69, 9.17) is 21.1 Å². The van der Waals surface area contributed by atoms with Crippen LogP contribution in [-0.4, -0.2) is 38.0 Å². The summed E-state index contributed by atoms with van der Waals surface area (Å²) >= 11 is 6.87. The molecule has 1 aromatic carbocycles. The summed E-state index contributed by atoms with van der Waals surface area (Å²) in [6, 6.07) is 6.64. The van der Waals surface area contributed by atoms with Crippen LogP contribution in [-0.2, 0) is 9.53 Å². The first-order valence-electron chi connectivity index (χ1n) is 8.08. The van der Waals surface area contributed by atoms with Crippen LogP contribution in [0.25, 0.3) is 0 Å². The molecule has 2 N–H and O–H groups in total. The highest BCUT2D eigenvalue weighted by Crippen LogP contribution is 2.33. The summed E-state index contributed by atoms with van der Waals surface area (Å²) < 4.78 is 10.4. The molecule has 1 heterocycles. The number of anilines is 1. The van der Waals surface area contributed by atoms with E-state index in [0.717, 1.165) is 11.3 Å². The second-order valence-electron chi connectivity index (χ2n) is 5.35. The molecular formula is C18H19ClN2O5S. The Morgan fingerprint density at radius 3 is 2.63 bits per heavy atom. The van der Waals surface area contributed by atoms with Gasteiger partial charge < -0.3 is 20.1 Å². The molecule has 2 amide bonds. The molecule has 0 atom stereocenters. The standard InChI is InChI=1S/C18H19ClN2O5S/c1-4-25-18(24)14-10(2)15(16(23)20-3)27-17(14)21-13(22)9-26-12-7-5-6-11(19)8-12/h5-8H,4,9H2,1-3H3,(H,20,23)(H,21,22). The van der Waals surface area contributed by atoms with E-state index < -0.39 is 11.9 Å². The lowest BCUT2D eigenvalue weighted by atomic mass is 10.1. The Morgan fingerprint density at radius 2 is 2.00 bits per heavy atom. The van der Waals surface area contributed by atoms with E-state index >= 15 is 0 Å². The van der Waals surface area contributed by atoms with Gasteiger partial charge in [-0.3, -0.25) is 9.59 Å². The summed E-state index contributed by atoms with van der Waals surface area (Å²) in [5.74, 6) is -0.993. The highest BCUT2D eigenvalue weighted by atomic mass is 35.5. The lowest BCUT2D eigenvalue weighted by Crippen LogP contribution is -2.21. The van der Waals surface area contributed by atoms with E-state index in [2.05, 4.69) is 10.6 Å². The molecular weight excluding hydrogens is 392 g/mol. The van der Waals surface area contributed by atoms with E-state index in [1.54, 1.807) is 38.1 Å². The van der Waals surface area contributed by atoms with Gasteiger partial charge in [0.25, 0.3) is 11.8 Å². The highest BCUT2D eigenvalue weighted by molar-refractivity contribution is 7.18. The maximum Gasteiger partial charge on any atom is 0.341 e. The Hall–Kier alpha value is -2.58. The number of halogens is 1. The molecule has 9 heteroatoms. The van der Waals surface area contributed by atoms with Gasteiger partial charge in [0.1, 0.15) is 10.8 Å². The fourth-order valence-corrected chi connectivity index (χ4v) is 3.59. The molecule has 1 aromatic heterocycles. The minimum atomic E-state index is -0.604. The summed E-state index contributed by atoms with van der Waals surface area (Å²) in [4.78, 5) is 36.8. The van der Waals surface area contributed by atoms with Gasteiger partial charge in [-0.05, 0) is 37.6 Å². The van der Waals surface area contributed by atoms with Gasteiger partial charge in [0.15, 0.2) is 6.61 Å². The fourth-order valence-electron chi connectivity index (χ4n) is 2.25. The van der Waals surface area contributed by atoms with Crippen LogP contribution in [0, 0.1) is 6.92 Å². The van der Waals surface area contributed by atoms with Crippen molar-refractivity contribution in [2.75, 3.05) is 25.6 Å². The fraction of sp³-hybridized carbons (Fsp3) is 0.278. The Bertz CT molecular complexity index is 865. The first-order valence-corrected chi connectivity index (χ1v) is 9.27. The minimum absolute atomic E-state index is 0.163. The van der Waals surface area contributed by atoms with Crippen LogP contribution in [0.4, 0.5) is 5.00 Å². The quantitative estimate of drug-likeness (QED) is 0.683. The molecule has 2 aromatic rings.